The van der Waals surface area contributed by atoms with Gasteiger partial charge in [-0.1, -0.05) is 64.5 Å². The molecule has 0 aliphatic carbocycles. The number of ether oxygens (including phenoxy) is 1. The molecule has 1 heterocycles. The minimum atomic E-state index is 0.768. The third-order valence-electron chi connectivity index (χ3n) is 5.29. The Bertz CT molecular complexity index is 692. The summed E-state index contributed by atoms with van der Waals surface area (Å²) in [7, 11) is 0. The highest BCUT2D eigenvalue weighted by Crippen LogP contribution is 2.20. The van der Waals surface area contributed by atoms with E-state index < -0.39 is 0 Å². The first-order valence-corrected chi connectivity index (χ1v) is 12.0. The van der Waals surface area contributed by atoms with E-state index in [9.17, 15) is 0 Å². The molecular weight excluding hydrogens is 368 g/mol. The van der Waals surface area contributed by atoms with Gasteiger partial charge in [0.05, 0.1) is 6.61 Å². The second-order valence-corrected chi connectivity index (χ2v) is 8.06. The second kappa shape index (κ2) is 15.6. The summed E-state index contributed by atoms with van der Waals surface area (Å²) in [6.07, 6.45) is 23.3. The zero-order valence-corrected chi connectivity index (χ0v) is 19.1. The van der Waals surface area contributed by atoms with Crippen molar-refractivity contribution in [2.45, 2.75) is 90.9 Å². The van der Waals surface area contributed by atoms with Crippen molar-refractivity contribution in [2.24, 2.45) is 0 Å². The number of hydrogen-bond donors (Lipinski definition) is 0. The van der Waals surface area contributed by atoms with Gasteiger partial charge in [-0.2, -0.15) is 0 Å². The van der Waals surface area contributed by atoms with Crippen molar-refractivity contribution in [3.63, 3.8) is 0 Å². The molecule has 1 aromatic carbocycles. The van der Waals surface area contributed by atoms with Crippen LogP contribution < -0.4 is 4.74 Å². The average Bonchev–Trinajstić information content (AvgIpc) is 2.79. The molecule has 0 bridgehead atoms. The third kappa shape index (κ3) is 10.0. The van der Waals surface area contributed by atoms with Gasteiger partial charge in [-0.15, -0.1) is 0 Å². The number of nitrogens with zero attached hydrogens (tertiary/aromatic N) is 2. The SMILES string of the molecule is CCC/C=C\CCCCOc1ccc(-c2ncc(CCCCCCCC)cn2)cc1. The molecular formula is C27H40N2O. The normalized spacial score (nSPS) is 11.3. The molecule has 0 amide bonds. The maximum absolute atomic E-state index is 5.86. The van der Waals surface area contributed by atoms with Crippen molar-refractivity contribution in [3.8, 4) is 17.1 Å². The van der Waals surface area contributed by atoms with Crippen molar-refractivity contribution in [1.29, 1.82) is 0 Å². The minimum absolute atomic E-state index is 0.768. The molecule has 0 N–H and O–H groups in total. The molecule has 2 rings (SSSR count). The minimum Gasteiger partial charge on any atom is -0.494 e. The smallest absolute Gasteiger partial charge is 0.159 e. The molecule has 1 aromatic heterocycles. The van der Waals surface area contributed by atoms with Crippen molar-refractivity contribution in [1.82, 2.24) is 9.97 Å². The predicted octanol–water partition coefficient (Wildman–Crippen LogP) is 7.95. The number of unbranched alkanes of at least 4 members (excludes halogenated alkanes) is 8. The first-order chi connectivity index (χ1) is 14.8. The molecule has 0 spiro atoms. The summed E-state index contributed by atoms with van der Waals surface area (Å²) in [5, 5.41) is 0. The first-order valence-electron chi connectivity index (χ1n) is 12.0. The zero-order chi connectivity index (χ0) is 21.3. The zero-order valence-electron chi connectivity index (χ0n) is 19.1. The lowest BCUT2D eigenvalue weighted by atomic mass is 10.1. The van der Waals surface area contributed by atoms with E-state index in [1.165, 1.54) is 63.4 Å². The van der Waals surface area contributed by atoms with Crippen LogP contribution in [0.5, 0.6) is 5.75 Å². The first kappa shape index (κ1) is 24.1. The Labute approximate surface area is 184 Å². The monoisotopic (exact) mass is 408 g/mol. The highest BCUT2D eigenvalue weighted by molar-refractivity contribution is 5.55. The molecule has 2 aromatic rings. The molecule has 3 nitrogen and oxygen atoms in total. The van der Waals surface area contributed by atoms with Gasteiger partial charge in [0.2, 0.25) is 0 Å². The molecule has 0 saturated heterocycles. The molecule has 3 heteroatoms. The number of benzene rings is 1. The van der Waals surface area contributed by atoms with E-state index in [1.54, 1.807) is 0 Å². The summed E-state index contributed by atoms with van der Waals surface area (Å²) in [4.78, 5) is 9.13. The Morgan fingerprint density at radius 3 is 2.17 bits per heavy atom. The molecule has 0 atom stereocenters. The fourth-order valence-corrected chi connectivity index (χ4v) is 3.40. The molecule has 0 saturated carbocycles. The van der Waals surface area contributed by atoms with Crippen LogP contribution in [0.3, 0.4) is 0 Å². The van der Waals surface area contributed by atoms with Crippen LogP contribution in [0.25, 0.3) is 11.4 Å². The Kier molecular flexibility index (Phi) is 12.6. The second-order valence-electron chi connectivity index (χ2n) is 8.06. The van der Waals surface area contributed by atoms with E-state index in [4.69, 9.17) is 4.74 Å². The van der Waals surface area contributed by atoms with Crippen molar-refractivity contribution >= 4 is 0 Å². The number of aromatic nitrogens is 2. The van der Waals surface area contributed by atoms with Gasteiger partial charge in [-0.05, 0) is 68.4 Å². The molecule has 0 aliphatic heterocycles. The number of rotatable bonds is 16. The van der Waals surface area contributed by atoms with Gasteiger partial charge in [0, 0.05) is 18.0 Å². The molecule has 30 heavy (non-hydrogen) atoms. The van der Waals surface area contributed by atoms with Gasteiger partial charge in [-0.3, -0.25) is 0 Å². The maximum Gasteiger partial charge on any atom is 0.159 e. The van der Waals surface area contributed by atoms with Crippen LogP contribution in [0.1, 0.15) is 90.0 Å². The quantitative estimate of drug-likeness (QED) is 0.209. The molecule has 0 unspecified atom stereocenters. The van der Waals surface area contributed by atoms with Crippen LogP contribution in [0.4, 0.5) is 0 Å². The summed E-state index contributed by atoms with van der Waals surface area (Å²) in [5.74, 6) is 1.70. The standard InChI is InChI=1S/C27H40N2O/c1-3-5-7-9-11-13-15-21-30-26-19-17-25(18-20-26)27-28-22-24(23-29-27)16-14-12-10-8-6-4-2/h7,9,17-20,22-23H,3-6,8,10-16,21H2,1-2H3/b9-7-. The number of hydrogen-bond acceptors (Lipinski definition) is 3. The lowest BCUT2D eigenvalue weighted by Gasteiger charge is -2.07. The third-order valence-corrected chi connectivity index (χ3v) is 5.29. The van der Waals surface area contributed by atoms with Gasteiger partial charge >= 0.3 is 0 Å². The average molecular weight is 409 g/mol. The van der Waals surface area contributed by atoms with Gasteiger partial charge in [-0.25, -0.2) is 9.97 Å². The molecule has 164 valence electrons. The summed E-state index contributed by atoms with van der Waals surface area (Å²) in [6, 6.07) is 8.13. The largest absolute Gasteiger partial charge is 0.494 e. The lowest BCUT2D eigenvalue weighted by Crippen LogP contribution is -1.97. The van der Waals surface area contributed by atoms with Gasteiger partial charge < -0.3 is 4.74 Å². The van der Waals surface area contributed by atoms with Crippen LogP contribution in [0.2, 0.25) is 0 Å². The fraction of sp³-hybridized carbons (Fsp3) is 0.556. The fourth-order valence-electron chi connectivity index (χ4n) is 3.40. The number of aryl methyl sites for hydroxylation is 1. The molecule has 0 radical (unpaired) electrons. The van der Waals surface area contributed by atoms with E-state index in [-0.39, 0.29) is 0 Å². The van der Waals surface area contributed by atoms with Gasteiger partial charge in [0.15, 0.2) is 5.82 Å². The number of allylic oxidation sites excluding steroid dienone is 2. The topological polar surface area (TPSA) is 35.0 Å². The lowest BCUT2D eigenvalue weighted by molar-refractivity contribution is 0.307. The van der Waals surface area contributed by atoms with Crippen LogP contribution in [0, 0.1) is 0 Å². The van der Waals surface area contributed by atoms with E-state index in [2.05, 4.69) is 36.0 Å². The predicted molar refractivity (Wildman–Crippen MR) is 128 cm³/mol. The van der Waals surface area contributed by atoms with Crippen LogP contribution >= 0.6 is 0 Å². The summed E-state index contributed by atoms with van der Waals surface area (Å²) in [5.41, 5.74) is 2.27. The van der Waals surface area contributed by atoms with E-state index in [1.807, 2.05) is 36.7 Å². The van der Waals surface area contributed by atoms with Crippen LogP contribution in [-0.4, -0.2) is 16.6 Å². The summed E-state index contributed by atoms with van der Waals surface area (Å²) >= 11 is 0. The van der Waals surface area contributed by atoms with Crippen molar-refractivity contribution < 1.29 is 4.74 Å². The Hall–Kier alpha value is -2.16. The van der Waals surface area contributed by atoms with Crippen LogP contribution in [0.15, 0.2) is 48.8 Å². The van der Waals surface area contributed by atoms with E-state index in [0.717, 1.165) is 43.0 Å². The Balaban J connectivity index is 1.67. The highest BCUT2D eigenvalue weighted by Gasteiger charge is 2.03. The Morgan fingerprint density at radius 1 is 0.733 bits per heavy atom. The van der Waals surface area contributed by atoms with Gasteiger partial charge in [0.1, 0.15) is 5.75 Å². The maximum atomic E-state index is 5.86. The highest BCUT2D eigenvalue weighted by atomic mass is 16.5. The summed E-state index contributed by atoms with van der Waals surface area (Å²) in [6.45, 7) is 5.24. The Morgan fingerprint density at radius 2 is 1.43 bits per heavy atom. The molecule has 0 aliphatic rings. The van der Waals surface area contributed by atoms with Crippen LogP contribution in [-0.2, 0) is 6.42 Å². The van der Waals surface area contributed by atoms with Crippen molar-refractivity contribution in [3.05, 3.63) is 54.4 Å². The van der Waals surface area contributed by atoms with E-state index in [0.29, 0.717) is 0 Å². The van der Waals surface area contributed by atoms with Gasteiger partial charge in [0.25, 0.3) is 0 Å². The van der Waals surface area contributed by atoms with E-state index >= 15 is 0 Å². The van der Waals surface area contributed by atoms with Crippen molar-refractivity contribution in [2.75, 3.05) is 6.61 Å². The molecule has 0 fully saturated rings. The summed E-state index contributed by atoms with van der Waals surface area (Å²) < 4.78 is 5.86.